The predicted octanol–water partition coefficient (Wildman–Crippen LogP) is 2.03. The molecule has 0 aliphatic rings. The van der Waals surface area contributed by atoms with Crippen molar-refractivity contribution in [3.63, 3.8) is 0 Å². The van der Waals surface area contributed by atoms with Gasteiger partial charge >= 0.3 is 0 Å². The van der Waals surface area contributed by atoms with Crippen LogP contribution in [0.4, 0.5) is 10.1 Å². The van der Waals surface area contributed by atoms with Gasteiger partial charge in [0.15, 0.2) is 11.6 Å². The Kier molecular flexibility index (Phi) is 3.46. The molecule has 1 amide bonds. The SMILES string of the molecule is CC(C)c1nc(C(=O)Nc2ccc(O)c(F)c2)n[nH]1. The second-order valence-corrected chi connectivity index (χ2v) is 4.32. The number of carbonyl (C=O) groups excluding carboxylic acids is 1. The third-order valence-corrected chi connectivity index (χ3v) is 2.46. The summed E-state index contributed by atoms with van der Waals surface area (Å²) < 4.78 is 13.1. The first kappa shape index (κ1) is 13.0. The van der Waals surface area contributed by atoms with Crippen LogP contribution in [0.5, 0.6) is 5.75 Å². The number of hydrogen-bond acceptors (Lipinski definition) is 4. The number of halogens is 1. The lowest BCUT2D eigenvalue weighted by molar-refractivity contribution is 0.101. The Morgan fingerprint density at radius 1 is 1.47 bits per heavy atom. The van der Waals surface area contributed by atoms with Gasteiger partial charge in [0, 0.05) is 17.7 Å². The van der Waals surface area contributed by atoms with Crippen molar-refractivity contribution < 1.29 is 14.3 Å². The maximum absolute atomic E-state index is 13.1. The van der Waals surface area contributed by atoms with E-state index in [1.807, 2.05) is 13.8 Å². The van der Waals surface area contributed by atoms with Crippen molar-refractivity contribution in [2.24, 2.45) is 0 Å². The lowest BCUT2D eigenvalue weighted by atomic mass is 10.2. The number of aromatic nitrogens is 3. The molecule has 2 aromatic rings. The number of carbonyl (C=O) groups is 1. The van der Waals surface area contributed by atoms with Gasteiger partial charge in [-0.25, -0.2) is 9.37 Å². The summed E-state index contributed by atoms with van der Waals surface area (Å²) in [7, 11) is 0. The summed E-state index contributed by atoms with van der Waals surface area (Å²) in [6.07, 6.45) is 0. The van der Waals surface area contributed by atoms with Crippen LogP contribution < -0.4 is 5.32 Å². The van der Waals surface area contributed by atoms with Gasteiger partial charge < -0.3 is 10.4 Å². The van der Waals surface area contributed by atoms with Crippen LogP contribution in [0.15, 0.2) is 18.2 Å². The van der Waals surface area contributed by atoms with Crippen LogP contribution in [0.1, 0.15) is 36.2 Å². The third kappa shape index (κ3) is 2.87. The summed E-state index contributed by atoms with van der Waals surface area (Å²) >= 11 is 0. The molecule has 0 radical (unpaired) electrons. The maximum Gasteiger partial charge on any atom is 0.295 e. The van der Waals surface area contributed by atoms with Gasteiger partial charge in [0.1, 0.15) is 5.82 Å². The monoisotopic (exact) mass is 264 g/mol. The van der Waals surface area contributed by atoms with E-state index >= 15 is 0 Å². The number of hydrogen-bond donors (Lipinski definition) is 3. The van der Waals surface area contributed by atoms with Crippen molar-refractivity contribution in [3.05, 3.63) is 35.7 Å². The first-order valence-electron chi connectivity index (χ1n) is 5.69. The molecular weight excluding hydrogens is 251 g/mol. The van der Waals surface area contributed by atoms with Crippen molar-refractivity contribution in [2.75, 3.05) is 5.32 Å². The van der Waals surface area contributed by atoms with E-state index < -0.39 is 17.5 Å². The summed E-state index contributed by atoms with van der Waals surface area (Å²) in [6.45, 7) is 3.83. The minimum absolute atomic E-state index is 0.0165. The lowest BCUT2D eigenvalue weighted by Gasteiger charge is -2.03. The molecule has 100 valence electrons. The van der Waals surface area contributed by atoms with E-state index in [2.05, 4.69) is 20.5 Å². The van der Waals surface area contributed by atoms with Crippen LogP contribution in [0, 0.1) is 5.82 Å². The Morgan fingerprint density at radius 2 is 2.21 bits per heavy atom. The summed E-state index contributed by atoms with van der Waals surface area (Å²) in [4.78, 5) is 15.8. The quantitative estimate of drug-likeness (QED) is 0.740. The van der Waals surface area contributed by atoms with Crippen LogP contribution in [0.3, 0.4) is 0 Å². The molecule has 0 aliphatic heterocycles. The normalized spacial score (nSPS) is 10.7. The Morgan fingerprint density at radius 3 is 2.79 bits per heavy atom. The molecule has 0 unspecified atom stereocenters. The maximum atomic E-state index is 13.1. The van der Waals surface area contributed by atoms with Gasteiger partial charge in [-0.15, -0.1) is 5.10 Å². The van der Waals surface area contributed by atoms with E-state index in [0.717, 1.165) is 12.1 Å². The molecule has 2 rings (SSSR count). The van der Waals surface area contributed by atoms with Crippen molar-refractivity contribution in [3.8, 4) is 5.75 Å². The molecule has 1 aromatic carbocycles. The van der Waals surface area contributed by atoms with E-state index in [1.54, 1.807) is 0 Å². The van der Waals surface area contributed by atoms with Gasteiger partial charge in [-0.2, -0.15) is 0 Å². The van der Waals surface area contributed by atoms with Gasteiger partial charge in [0.25, 0.3) is 5.91 Å². The number of amides is 1. The average molecular weight is 264 g/mol. The number of benzene rings is 1. The van der Waals surface area contributed by atoms with E-state index in [-0.39, 0.29) is 17.4 Å². The summed E-state index contributed by atoms with van der Waals surface area (Å²) in [5, 5.41) is 17.9. The highest BCUT2D eigenvalue weighted by molar-refractivity contribution is 6.01. The third-order valence-electron chi connectivity index (χ3n) is 2.46. The molecule has 0 spiro atoms. The highest BCUT2D eigenvalue weighted by atomic mass is 19.1. The van der Waals surface area contributed by atoms with Crippen LogP contribution >= 0.6 is 0 Å². The van der Waals surface area contributed by atoms with E-state index in [1.165, 1.54) is 6.07 Å². The number of nitrogens with one attached hydrogen (secondary N) is 2. The van der Waals surface area contributed by atoms with Gasteiger partial charge in [0.2, 0.25) is 5.82 Å². The minimum atomic E-state index is -0.810. The van der Waals surface area contributed by atoms with Crippen molar-refractivity contribution in [2.45, 2.75) is 19.8 Å². The number of anilines is 1. The molecule has 1 heterocycles. The molecule has 6 nitrogen and oxygen atoms in total. The smallest absolute Gasteiger partial charge is 0.295 e. The Balaban J connectivity index is 2.13. The summed E-state index contributed by atoms with van der Waals surface area (Å²) in [5.41, 5.74) is 0.219. The highest BCUT2D eigenvalue weighted by Crippen LogP contribution is 2.19. The number of aromatic hydroxyl groups is 1. The van der Waals surface area contributed by atoms with Crippen LogP contribution in [0.25, 0.3) is 0 Å². The molecule has 3 N–H and O–H groups in total. The van der Waals surface area contributed by atoms with Gasteiger partial charge in [-0.3, -0.25) is 9.89 Å². The van der Waals surface area contributed by atoms with E-state index in [0.29, 0.717) is 5.82 Å². The second-order valence-electron chi connectivity index (χ2n) is 4.32. The number of aromatic amines is 1. The molecule has 0 aliphatic carbocycles. The molecule has 0 saturated heterocycles. The first-order chi connectivity index (χ1) is 8.97. The fourth-order valence-corrected chi connectivity index (χ4v) is 1.41. The van der Waals surface area contributed by atoms with Gasteiger partial charge in [0.05, 0.1) is 0 Å². The minimum Gasteiger partial charge on any atom is -0.505 e. The van der Waals surface area contributed by atoms with Crippen LogP contribution in [0.2, 0.25) is 0 Å². The Hall–Kier alpha value is -2.44. The average Bonchev–Trinajstić information content (AvgIpc) is 2.83. The van der Waals surface area contributed by atoms with Crippen molar-refractivity contribution in [1.29, 1.82) is 0 Å². The molecule has 19 heavy (non-hydrogen) atoms. The molecular formula is C12H13FN4O2. The zero-order valence-electron chi connectivity index (χ0n) is 10.4. The fraction of sp³-hybridized carbons (Fsp3) is 0.250. The number of phenols is 1. The first-order valence-corrected chi connectivity index (χ1v) is 5.69. The topological polar surface area (TPSA) is 90.9 Å². The highest BCUT2D eigenvalue weighted by Gasteiger charge is 2.14. The molecule has 1 aromatic heterocycles. The largest absolute Gasteiger partial charge is 0.505 e. The number of H-pyrrole nitrogens is 1. The summed E-state index contributed by atoms with van der Waals surface area (Å²) in [6, 6.07) is 3.55. The van der Waals surface area contributed by atoms with Crippen LogP contribution in [-0.4, -0.2) is 26.2 Å². The zero-order valence-corrected chi connectivity index (χ0v) is 10.4. The standard InChI is InChI=1S/C12H13FN4O2/c1-6(2)10-15-11(17-16-10)12(19)14-7-3-4-9(18)8(13)5-7/h3-6,18H,1-2H3,(H,14,19)(H,15,16,17). The Labute approximate surface area is 108 Å². The predicted molar refractivity (Wildman–Crippen MR) is 66.5 cm³/mol. The summed E-state index contributed by atoms with van der Waals surface area (Å²) in [5.74, 6) is -1.12. The van der Waals surface area contributed by atoms with Crippen LogP contribution in [-0.2, 0) is 0 Å². The van der Waals surface area contributed by atoms with E-state index in [4.69, 9.17) is 5.11 Å². The molecule has 0 fully saturated rings. The number of nitrogens with zero attached hydrogens (tertiary/aromatic N) is 2. The second kappa shape index (κ2) is 5.05. The van der Waals surface area contributed by atoms with Crippen molar-refractivity contribution >= 4 is 11.6 Å². The number of rotatable bonds is 3. The Bertz CT molecular complexity index is 610. The molecule has 0 bridgehead atoms. The molecule has 0 atom stereocenters. The zero-order chi connectivity index (χ0) is 14.0. The number of phenolic OH excluding ortho intramolecular Hbond substituents is 1. The van der Waals surface area contributed by atoms with E-state index in [9.17, 15) is 9.18 Å². The lowest BCUT2D eigenvalue weighted by Crippen LogP contribution is -2.14. The van der Waals surface area contributed by atoms with Gasteiger partial charge in [-0.05, 0) is 12.1 Å². The van der Waals surface area contributed by atoms with Gasteiger partial charge in [-0.1, -0.05) is 13.8 Å². The molecule has 0 saturated carbocycles. The molecule has 7 heteroatoms. The van der Waals surface area contributed by atoms with Crippen molar-refractivity contribution in [1.82, 2.24) is 15.2 Å². The fourth-order valence-electron chi connectivity index (χ4n) is 1.41.